The molecule has 0 saturated carbocycles. The third kappa shape index (κ3) is 5.76. The Morgan fingerprint density at radius 1 is 1.28 bits per heavy atom. The van der Waals surface area contributed by atoms with Gasteiger partial charge in [0.2, 0.25) is 0 Å². The molecule has 2 N–H and O–H groups in total. The van der Waals surface area contributed by atoms with Crippen molar-refractivity contribution in [1.82, 2.24) is 15.5 Å². The lowest BCUT2D eigenvalue weighted by molar-refractivity contribution is 0.302. The topological polar surface area (TPSA) is 39.7 Å². The average Bonchev–Trinajstić information content (AvgIpc) is 3.12. The van der Waals surface area contributed by atoms with E-state index in [2.05, 4.69) is 83.5 Å². The summed E-state index contributed by atoms with van der Waals surface area (Å²) in [6.45, 7) is 3.71. The Kier molecular flexibility index (Phi) is 7.81. The molecule has 1 heterocycles. The van der Waals surface area contributed by atoms with Gasteiger partial charge in [-0.15, -0.1) is 23.1 Å². The highest BCUT2D eigenvalue weighted by molar-refractivity contribution is 7.98. The van der Waals surface area contributed by atoms with Crippen LogP contribution in [0, 0.1) is 6.92 Å². The van der Waals surface area contributed by atoms with Crippen LogP contribution in [0.1, 0.15) is 22.0 Å². The van der Waals surface area contributed by atoms with Gasteiger partial charge in [-0.2, -0.15) is 0 Å². The molecule has 1 aromatic heterocycles. The Balaban J connectivity index is 1.95. The third-order valence-corrected chi connectivity index (χ3v) is 5.86. The summed E-state index contributed by atoms with van der Waals surface area (Å²) in [7, 11) is 6.04. The van der Waals surface area contributed by atoms with E-state index in [1.165, 1.54) is 20.9 Å². The second-order valence-electron chi connectivity index (χ2n) is 6.12. The van der Waals surface area contributed by atoms with Gasteiger partial charge in [-0.1, -0.05) is 18.2 Å². The Hall–Kier alpha value is -1.50. The summed E-state index contributed by atoms with van der Waals surface area (Å²) in [5.41, 5.74) is 2.59. The van der Waals surface area contributed by atoms with Gasteiger partial charge in [-0.05, 0) is 55.9 Å². The predicted octanol–water partition coefficient (Wildman–Crippen LogP) is 3.75. The summed E-state index contributed by atoms with van der Waals surface area (Å²) in [4.78, 5) is 9.27. The lowest BCUT2D eigenvalue weighted by atomic mass is 10.1. The molecule has 2 aromatic rings. The molecular formula is C19H28N4S2. The highest BCUT2D eigenvalue weighted by atomic mass is 32.2. The van der Waals surface area contributed by atoms with Crippen LogP contribution in [0.25, 0.3) is 0 Å². The Morgan fingerprint density at radius 2 is 2.08 bits per heavy atom. The number of guanidine groups is 1. The molecule has 2 rings (SSSR count). The number of hydrogen-bond donors (Lipinski definition) is 2. The number of rotatable bonds is 7. The molecule has 136 valence electrons. The highest BCUT2D eigenvalue weighted by Crippen LogP contribution is 2.23. The van der Waals surface area contributed by atoms with Crippen molar-refractivity contribution in [2.75, 3.05) is 33.9 Å². The maximum absolute atomic E-state index is 4.36. The molecule has 0 bridgehead atoms. The van der Waals surface area contributed by atoms with E-state index in [0.717, 1.165) is 19.0 Å². The summed E-state index contributed by atoms with van der Waals surface area (Å²) in [5, 5.41) is 9.01. The van der Waals surface area contributed by atoms with Crippen molar-refractivity contribution in [2.24, 2.45) is 4.99 Å². The molecule has 4 nitrogen and oxygen atoms in total. The molecule has 1 unspecified atom stereocenters. The Labute approximate surface area is 159 Å². The molecule has 0 aliphatic heterocycles. The van der Waals surface area contributed by atoms with Crippen molar-refractivity contribution in [1.29, 1.82) is 0 Å². The van der Waals surface area contributed by atoms with Gasteiger partial charge in [0.15, 0.2) is 5.96 Å². The van der Waals surface area contributed by atoms with Gasteiger partial charge >= 0.3 is 0 Å². The average molecular weight is 377 g/mol. The number of aryl methyl sites for hydroxylation is 1. The van der Waals surface area contributed by atoms with Gasteiger partial charge in [-0.3, -0.25) is 4.99 Å². The maximum Gasteiger partial charge on any atom is 0.191 e. The quantitative estimate of drug-likeness (QED) is 0.439. The first kappa shape index (κ1) is 19.8. The van der Waals surface area contributed by atoms with Gasteiger partial charge in [0.25, 0.3) is 0 Å². The third-order valence-electron chi connectivity index (χ3n) is 4.07. The van der Waals surface area contributed by atoms with Crippen molar-refractivity contribution >= 4 is 29.1 Å². The molecule has 6 heteroatoms. The monoisotopic (exact) mass is 376 g/mol. The van der Waals surface area contributed by atoms with Crippen molar-refractivity contribution in [3.05, 3.63) is 51.7 Å². The van der Waals surface area contributed by atoms with E-state index in [1.807, 2.05) is 7.05 Å². The number of thiophene rings is 1. The van der Waals surface area contributed by atoms with Crippen molar-refractivity contribution in [3.63, 3.8) is 0 Å². The number of hydrogen-bond acceptors (Lipinski definition) is 4. The first-order valence-corrected chi connectivity index (χ1v) is 10.4. The second kappa shape index (κ2) is 9.85. The second-order valence-corrected chi connectivity index (χ2v) is 7.94. The minimum atomic E-state index is 0.333. The smallest absolute Gasteiger partial charge is 0.191 e. The summed E-state index contributed by atoms with van der Waals surface area (Å²) >= 11 is 3.57. The lowest BCUT2D eigenvalue weighted by Crippen LogP contribution is -2.41. The van der Waals surface area contributed by atoms with Crippen LogP contribution in [0.3, 0.4) is 0 Å². The zero-order valence-electron chi connectivity index (χ0n) is 15.7. The van der Waals surface area contributed by atoms with E-state index >= 15 is 0 Å². The largest absolute Gasteiger partial charge is 0.354 e. The van der Waals surface area contributed by atoms with E-state index in [9.17, 15) is 0 Å². The molecule has 25 heavy (non-hydrogen) atoms. The van der Waals surface area contributed by atoms with E-state index in [0.29, 0.717) is 6.04 Å². The first-order chi connectivity index (χ1) is 12.0. The number of nitrogens with one attached hydrogen (secondary N) is 2. The van der Waals surface area contributed by atoms with Gasteiger partial charge in [-0.25, -0.2) is 0 Å². The summed E-state index contributed by atoms with van der Waals surface area (Å²) < 4.78 is 0. The maximum atomic E-state index is 4.36. The van der Waals surface area contributed by atoms with Gasteiger partial charge in [0.1, 0.15) is 0 Å². The van der Waals surface area contributed by atoms with Crippen molar-refractivity contribution in [3.8, 4) is 0 Å². The zero-order chi connectivity index (χ0) is 18.2. The molecule has 0 amide bonds. The molecule has 0 fully saturated rings. The normalized spacial score (nSPS) is 13.1. The van der Waals surface area contributed by atoms with Crippen LogP contribution in [0.15, 0.2) is 45.6 Å². The minimum absolute atomic E-state index is 0.333. The van der Waals surface area contributed by atoms with Crippen LogP contribution in [0.5, 0.6) is 0 Å². The van der Waals surface area contributed by atoms with Crippen LogP contribution in [-0.4, -0.2) is 44.8 Å². The highest BCUT2D eigenvalue weighted by Gasteiger charge is 2.15. The van der Waals surface area contributed by atoms with Crippen LogP contribution in [0.2, 0.25) is 0 Å². The van der Waals surface area contributed by atoms with Gasteiger partial charge < -0.3 is 15.5 Å². The van der Waals surface area contributed by atoms with Crippen molar-refractivity contribution in [2.45, 2.75) is 24.4 Å². The minimum Gasteiger partial charge on any atom is -0.354 e. The Bertz CT molecular complexity index is 681. The standard InChI is InChI=1S/C19H28N4S2/c1-14-8-9-15(18(11-14)24-5)12-21-19(20-2)22-13-16(23(3)4)17-7-6-10-25-17/h6-11,16H,12-13H2,1-5H3,(H2,20,21,22). The first-order valence-electron chi connectivity index (χ1n) is 8.33. The van der Waals surface area contributed by atoms with E-state index in [1.54, 1.807) is 23.1 Å². The van der Waals surface area contributed by atoms with E-state index in [4.69, 9.17) is 0 Å². The molecule has 0 aliphatic rings. The van der Waals surface area contributed by atoms with Crippen LogP contribution < -0.4 is 10.6 Å². The summed E-state index contributed by atoms with van der Waals surface area (Å²) in [6.07, 6.45) is 2.12. The SMILES string of the molecule is CN=C(NCc1ccc(C)cc1SC)NCC(c1cccs1)N(C)C. The molecule has 1 atom stereocenters. The number of thioether (sulfide) groups is 1. The number of likely N-dealkylation sites (N-methyl/N-ethyl adjacent to an activating group) is 1. The molecule has 0 aliphatic carbocycles. The molecule has 0 radical (unpaired) electrons. The van der Waals surface area contributed by atoms with Crippen molar-refractivity contribution < 1.29 is 0 Å². The van der Waals surface area contributed by atoms with Crippen LogP contribution in [-0.2, 0) is 6.54 Å². The predicted molar refractivity (Wildman–Crippen MR) is 112 cm³/mol. The van der Waals surface area contributed by atoms with Gasteiger partial charge in [0, 0.05) is 29.9 Å². The molecular weight excluding hydrogens is 348 g/mol. The number of benzene rings is 1. The fraction of sp³-hybridized carbons (Fsp3) is 0.421. The summed E-state index contributed by atoms with van der Waals surface area (Å²) in [5.74, 6) is 0.830. The van der Waals surface area contributed by atoms with Crippen LogP contribution in [0.4, 0.5) is 0 Å². The molecule has 0 spiro atoms. The number of nitrogens with zero attached hydrogens (tertiary/aromatic N) is 2. The Morgan fingerprint density at radius 3 is 2.68 bits per heavy atom. The lowest BCUT2D eigenvalue weighted by Gasteiger charge is -2.24. The van der Waals surface area contributed by atoms with Gasteiger partial charge in [0.05, 0.1) is 6.04 Å². The van der Waals surface area contributed by atoms with Crippen LogP contribution >= 0.6 is 23.1 Å². The van der Waals surface area contributed by atoms with E-state index in [-0.39, 0.29) is 0 Å². The fourth-order valence-electron chi connectivity index (χ4n) is 2.61. The summed E-state index contributed by atoms with van der Waals surface area (Å²) in [6, 6.07) is 11.2. The number of aliphatic imine (C=N–C) groups is 1. The molecule has 0 saturated heterocycles. The zero-order valence-corrected chi connectivity index (χ0v) is 17.3. The van der Waals surface area contributed by atoms with E-state index < -0.39 is 0 Å². The fourth-order valence-corrected chi connectivity index (χ4v) is 4.24. The molecule has 1 aromatic carbocycles.